The summed E-state index contributed by atoms with van der Waals surface area (Å²) in [4.78, 5) is 18.0. The molecule has 0 N–H and O–H groups in total. The summed E-state index contributed by atoms with van der Waals surface area (Å²) < 4.78 is 7.92. The molecule has 0 aliphatic carbocycles. The van der Waals surface area contributed by atoms with Crippen LogP contribution in [0.1, 0.15) is 37.7 Å². The largest absolute Gasteiger partial charge is 0.486 e. The number of aromatic nitrogens is 2. The average molecular weight is 628 g/mol. The molecule has 0 spiro atoms. The lowest BCUT2D eigenvalue weighted by atomic mass is 9.95. The van der Waals surface area contributed by atoms with Crippen molar-refractivity contribution in [3.63, 3.8) is 0 Å². The summed E-state index contributed by atoms with van der Waals surface area (Å²) in [5, 5.41) is 6.41. The first-order chi connectivity index (χ1) is 16.9. The van der Waals surface area contributed by atoms with E-state index >= 15 is 0 Å². The molecule has 0 aliphatic rings. The standard InChI is InChI=1S/C26H20BrCl4N3O2/c1-26(2,3)25-33-22-7-5-16(27)11-17(22)24(35)34(25)32-12-15-9-20(30)23(21(31)10-15)36-13-14-4-6-18(28)19(29)8-14/h4-12H,13H2,1-3H3. The van der Waals surface area contributed by atoms with Crippen LogP contribution in [0.2, 0.25) is 20.1 Å². The summed E-state index contributed by atoms with van der Waals surface area (Å²) in [7, 11) is 0. The molecule has 186 valence electrons. The second kappa shape index (κ2) is 10.7. The van der Waals surface area contributed by atoms with E-state index in [1.165, 1.54) is 10.9 Å². The number of nitrogens with zero attached hydrogens (tertiary/aromatic N) is 3. The summed E-state index contributed by atoms with van der Waals surface area (Å²) in [5.41, 5.74) is 1.30. The Balaban J connectivity index is 1.67. The fourth-order valence-electron chi connectivity index (χ4n) is 3.44. The van der Waals surface area contributed by atoms with Gasteiger partial charge in [0.05, 0.1) is 37.2 Å². The Kier molecular flexibility index (Phi) is 8.03. The van der Waals surface area contributed by atoms with Gasteiger partial charge in [-0.05, 0) is 53.6 Å². The van der Waals surface area contributed by atoms with Gasteiger partial charge in [0.25, 0.3) is 5.56 Å². The van der Waals surface area contributed by atoms with Crippen LogP contribution in [0.5, 0.6) is 5.75 Å². The molecule has 0 saturated heterocycles. The molecule has 1 aromatic heterocycles. The van der Waals surface area contributed by atoms with E-state index in [2.05, 4.69) is 21.0 Å². The molecular weight excluding hydrogens is 608 g/mol. The van der Waals surface area contributed by atoms with Crippen LogP contribution in [-0.2, 0) is 12.0 Å². The third kappa shape index (κ3) is 5.90. The molecule has 4 aromatic rings. The molecule has 5 nitrogen and oxygen atoms in total. The Hall–Kier alpha value is -2.09. The van der Waals surface area contributed by atoms with Crippen molar-refractivity contribution in [2.45, 2.75) is 32.8 Å². The minimum atomic E-state index is -0.435. The van der Waals surface area contributed by atoms with Crippen molar-refractivity contribution in [3.05, 3.63) is 100 Å². The number of ether oxygens (including phenoxy) is 1. The number of fused-ring (bicyclic) bond motifs is 1. The summed E-state index contributed by atoms with van der Waals surface area (Å²) in [5.74, 6) is 0.851. The smallest absolute Gasteiger partial charge is 0.282 e. The molecule has 0 atom stereocenters. The Morgan fingerprint density at radius 2 is 1.67 bits per heavy atom. The Morgan fingerprint density at radius 3 is 2.31 bits per heavy atom. The molecule has 0 aliphatic heterocycles. The topological polar surface area (TPSA) is 56.5 Å². The summed E-state index contributed by atoms with van der Waals surface area (Å²) in [6.07, 6.45) is 1.52. The van der Waals surface area contributed by atoms with Crippen molar-refractivity contribution in [3.8, 4) is 5.75 Å². The predicted molar refractivity (Wildman–Crippen MR) is 153 cm³/mol. The van der Waals surface area contributed by atoms with Gasteiger partial charge >= 0.3 is 0 Å². The van der Waals surface area contributed by atoms with Crippen LogP contribution in [0.15, 0.2) is 62.9 Å². The van der Waals surface area contributed by atoms with Crippen molar-refractivity contribution < 1.29 is 4.74 Å². The van der Waals surface area contributed by atoms with Crippen LogP contribution in [0.3, 0.4) is 0 Å². The molecular formula is C26H20BrCl4N3O2. The SMILES string of the molecule is CC(C)(C)c1nc2ccc(Br)cc2c(=O)n1N=Cc1cc(Cl)c(OCc2ccc(Cl)c(Cl)c2)c(Cl)c1. The number of rotatable bonds is 5. The maximum absolute atomic E-state index is 13.3. The van der Waals surface area contributed by atoms with Gasteiger partial charge in [0.2, 0.25) is 0 Å². The Morgan fingerprint density at radius 1 is 0.972 bits per heavy atom. The fraction of sp³-hybridized carbons (Fsp3) is 0.192. The summed E-state index contributed by atoms with van der Waals surface area (Å²) in [6.45, 7) is 6.12. The van der Waals surface area contributed by atoms with Gasteiger partial charge < -0.3 is 4.74 Å². The van der Waals surface area contributed by atoms with Crippen molar-refractivity contribution >= 4 is 79.5 Å². The zero-order valence-electron chi connectivity index (χ0n) is 19.5. The van der Waals surface area contributed by atoms with Gasteiger partial charge in [-0.15, -0.1) is 0 Å². The molecule has 0 amide bonds. The monoisotopic (exact) mass is 625 g/mol. The first-order valence-electron chi connectivity index (χ1n) is 10.8. The molecule has 4 rings (SSSR count). The van der Waals surface area contributed by atoms with Crippen molar-refractivity contribution in [2.75, 3.05) is 0 Å². The molecule has 36 heavy (non-hydrogen) atoms. The normalized spacial score (nSPS) is 12.0. The summed E-state index contributed by atoms with van der Waals surface area (Å²) >= 11 is 28.4. The molecule has 0 bridgehead atoms. The van der Waals surface area contributed by atoms with Crippen molar-refractivity contribution in [2.24, 2.45) is 5.10 Å². The first kappa shape index (κ1) is 27.0. The van der Waals surface area contributed by atoms with Crippen LogP contribution in [0.25, 0.3) is 10.9 Å². The van der Waals surface area contributed by atoms with E-state index in [4.69, 9.17) is 56.1 Å². The van der Waals surface area contributed by atoms with Crippen LogP contribution in [0.4, 0.5) is 0 Å². The van der Waals surface area contributed by atoms with Gasteiger partial charge in [-0.1, -0.05) is 89.2 Å². The van der Waals surface area contributed by atoms with Crippen molar-refractivity contribution in [1.29, 1.82) is 0 Å². The van der Waals surface area contributed by atoms with E-state index in [-0.39, 0.29) is 12.2 Å². The van der Waals surface area contributed by atoms with Crippen LogP contribution >= 0.6 is 62.3 Å². The highest BCUT2D eigenvalue weighted by Crippen LogP contribution is 2.35. The highest BCUT2D eigenvalue weighted by atomic mass is 79.9. The molecule has 1 heterocycles. The highest BCUT2D eigenvalue weighted by Gasteiger charge is 2.23. The first-order valence-corrected chi connectivity index (χ1v) is 13.1. The quantitative estimate of drug-likeness (QED) is 0.208. The second-order valence-electron chi connectivity index (χ2n) is 9.06. The molecule has 10 heteroatoms. The van der Waals surface area contributed by atoms with Gasteiger partial charge in [-0.25, -0.2) is 4.98 Å². The van der Waals surface area contributed by atoms with E-state index in [0.717, 1.165) is 10.0 Å². The van der Waals surface area contributed by atoms with E-state index in [1.54, 1.807) is 42.5 Å². The van der Waals surface area contributed by atoms with Gasteiger partial charge in [-0.2, -0.15) is 9.78 Å². The third-order valence-electron chi connectivity index (χ3n) is 5.19. The van der Waals surface area contributed by atoms with E-state index in [9.17, 15) is 4.79 Å². The minimum absolute atomic E-state index is 0.201. The average Bonchev–Trinajstić information content (AvgIpc) is 2.79. The second-order valence-corrected chi connectivity index (χ2v) is 11.6. The number of benzene rings is 3. The van der Waals surface area contributed by atoms with Gasteiger partial charge in [-0.3, -0.25) is 4.79 Å². The maximum atomic E-state index is 13.3. The van der Waals surface area contributed by atoms with Crippen LogP contribution in [0, 0.1) is 0 Å². The van der Waals surface area contributed by atoms with Gasteiger partial charge in [0.15, 0.2) is 5.75 Å². The lowest BCUT2D eigenvalue weighted by molar-refractivity contribution is 0.306. The number of hydrogen-bond donors (Lipinski definition) is 0. The molecule has 0 radical (unpaired) electrons. The van der Waals surface area contributed by atoms with E-state index in [0.29, 0.717) is 48.1 Å². The predicted octanol–water partition coefficient (Wildman–Crippen LogP) is 8.53. The van der Waals surface area contributed by atoms with E-state index in [1.807, 2.05) is 26.8 Å². The van der Waals surface area contributed by atoms with Crippen molar-refractivity contribution in [1.82, 2.24) is 9.66 Å². The molecule has 3 aromatic carbocycles. The van der Waals surface area contributed by atoms with Gasteiger partial charge in [0, 0.05) is 9.89 Å². The number of hydrogen-bond acceptors (Lipinski definition) is 4. The molecule has 0 saturated carbocycles. The molecule has 0 fully saturated rings. The molecule has 0 unspecified atom stereocenters. The zero-order valence-corrected chi connectivity index (χ0v) is 24.1. The minimum Gasteiger partial charge on any atom is -0.486 e. The number of halogens is 5. The lowest BCUT2D eigenvalue weighted by Crippen LogP contribution is -2.29. The van der Waals surface area contributed by atoms with Gasteiger partial charge in [0.1, 0.15) is 12.4 Å². The zero-order chi connectivity index (χ0) is 26.2. The van der Waals surface area contributed by atoms with Crippen LogP contribution < -0.4 is 10.3 Å². The Bertz CT molecular complexity index is 1540. The third-order valence-corrected chi connectivity index (χ3v) is 6.98. The summed E-state index contributed by atoms with van der Waals surface area (Å²) in [6, 6.07) is 13.9. The van der Waals surface area contributed by atoms with Crippen LogP contribution in [-0.4, -0.2) is 15.9 Å². The maximum Gasteiger partial charge on any atom is 0.282 e. The fourth-order valence-corrected chi connectivity index (χ4v) is 4.74. The van der Waals surface area contributed by atoms with E-state index < -0.39 is 5.41 Å². The Labute approximate surface area is 236 Å². The highest BCUT2D eigenvalue weighted by molar-refractivity contribution is 9.10. The lowest BCUT2D eigenvalue weighted by Gasteiger charge is -2.20.